The maximum Gasteiger partial charge on any atom is 0.0470 e. The first kappa shape index (κ1) is 12.8. The van der Waals surface area contributed by atoms with Crippen LogP contribution in [0.1, 0.15) is 30.0 Å². The normalized spacial score (nSPS) is 16.5. The molecule has 0 aliphatic heterocycles. The highest BCUT2D eigenvalue weighted by molar-refractivity contribution is 6.30. The van der Waals surface area contributed by atoms with Crippen molar-refractivity contribution in [2.24, 2.45) is 5.92 Å². The Balaban J connectivity index is 1.72. The van der Waals surface area contributed by atoms with E-state index >= 15 is 0 Å². The quantitative estimate of drug-likeness (QED) is 0.876. The van der Waals surface area contributed by atoms with Gasteiger partial charge in [0.15, 0.2) is 0 Å². The van der Waals surface area contributed by atoms with Crippen LogP contribution in [0.25, 0.3) is 0 Å². The summed E-state index contributed by atoms with van der Waals surface area (Å²) >= 11 is 5.91. The van der Waals surface area contributed by atoms with Gasteiger partial charge in [0.05, 0.1) is 0 Å². The Morgan fingerprint density at radius 2 is 2.00 bits per heavy atom. The first-order valence-corrected chi connectivity index (χ1v) is 7.21. The predicted octanol–water partition coefficient (Wildman–Crippen LogP) is 3.86. The summed E-state index contributed by atoms with van der Waals surface area (Å²) < 4.78 is 2.24. The third-order valence-electron chi connectivity index (χ3n) is 3.82. The Hall–Kier alpha value is -1.25. The minimum absolute atomic E-state index is 0.520. The van der Waals surface area contributed by atoms with E-state index in [1.165, 1.54) is 24.0 Å². The lowest BCUT2D eigenvalue weighted by Gasteiger charge is -2.13. The minimum atomic E-state index is 0.520. The molecule has 1 atom stereocenters. The summed E-state index contributed by atoms with van der Waals surface area (Å²) in [7, 11) is 2.06. The van der Waals surface area contributed by atoms with Crippen LogP contribution in [-0.2, 0) is 6.54 Å². The zero-order valence-corrected chi connectivity index (χ0v) is 11.9. The average molecular weight is 275 g/mol. The van der Waals surface area contributed by atoms with Crippen molar-refractivity contribution >= 4 is 11.6 Å². The molecule has 1 N–H and O–H groups in total. The van der Waals surface area contributed by atoms with E-state index in [0.717, 1.165) is 17.5 Å². The SMILES string of the molecule is CNC(c1ccn(Cc2ccc(Cl)cc2)c1)C1CC1. The second kappa shape index (κ2) is 5.40. The zero-order valence-electron chi connectivity index (χ0n) is 11.1. The Kier molecular flexibility index (Phi) is 3.63. The van der Waals surface area contributed by atoms with Crippen LogP contribution in [0.5, 0.6) is 0 Å². The monoisotopic (exact) mass is 274 g/mol. The summed E-state index contributed by atoms with van der Waals surface area (Å²) in [5.74, 6) is 0.830. The number of aromatic nitrogens is 1. The Labute approximate surface area is 119 Å². The summed E-state index contributed by atoms with van der Waals surface area (Å²) in [5, 5.41) is 4.23. The lowest BCUT2D eigenvalue weighted by Crippen LogP contribution is -2.17. The molecule has 2 nitrogen and oxygen atoms in total. The number of nitrogens with one attached hydrogen (secondary N) is 1. The number of hydrogen-bond acceptors (Lipinski definition) is 1. The number of rotatable bonds is 5. The number of halogens is 1. The van der Waals surface area contributed by atoms with Crippen LogP contribution < -0.4 is 5.32 Å². The van der Waals surface area contributed by atoms with Gasteiger partial charge in [-0.1, -0.05) is 23.7 Å². The van der Waals surface area contributed by atoms with Gasteiger partial charge in [-0.05, 0) is 55.1 Å². The molecule has 1 aromatic heterocycles. The van der Waals surface area contributed by atoms with Gasteiger partial charge in [-0.2, -0.15) is 0 Å². The topological polar surface area (TPSA) is 17.0 Å². The molecule has 100 valence electrons. The Morgan fingerprint density at radius 3 is 2.63 bits per heavy atom. The van der Waals surface area contributed by atoms with Gasteiger partial charge in [0.25, 0.3) is 0 Å². The van der Waals surface area contributed by atoms with Crippen molar-refractivity contribution in [3.63, 3.8) is 0 Å². The highest BCUT2D eigenvalue weighted by atomic mass is 35.5. The first-order valence-electron chi connectivity index (χ1n) is 6.83. The van der Waals surface area contributed by atoms with Crippen molar-refractivity contribution in [1.29, 1.82) is 0 Å². The average Bonchev–Trinajstić information content (AvgIpc) is 3.14. The van der Waals surface area contributed by atoms with Crippen molar-refractivity contribution in [1.82, 2.24) is 9.88 Å². The molecule has 3 heteroatoms. The lowest BCUT2D eigenvalue weighted by molar-refractivity contribution is 0.528. The lowest BCUT2D eigenvalue weighted by atomic mass is 10.1. The molecule has 0 saturated heterocycles. The molecule has 1 saturated carbocycles. The number of benzene rings is 1. The standard InChI is InChI=1S/C16H19ClN2/c1-18-16(13-4-5-13)14-8-9-19(11-14)10-12-2-6-15(17)7-3-12/h2-3,6-9,11,13,16,18H,4-5,10H2,1H3. The Bertz CT molecular complexity index is 540. The highest BCUT2D eigenvalue weighted by Gasteiger charge is 2.31. The second-order valence-corrected chi connectivity index (χ2v) is 5.78. The van der Waals surface area contributed by atoms with Gasteiger partial charge in [0.1, 0.15) is 0 Å². The molecule has 19 heavy (non-hydrogen) atoms. The van der Waals surface area contributed by atoms with Gasteiger partial charge in [-0.3, -0.25) is 0 Å². The molecule has 1 aliphatic rings. The molecule has 1 aliphatic carbocycles. The summed E-state index contributed by atoms with van der Waals surface area (Å²) in [5.41, 5.74) is 2.68. The van der Waals surface area contributed by atoms with E-state index in [-0.39, 0.29) is 0 Å². The molecular weight excluding hydrogens is 256 g/mol. The molecule has 0 amide bonds. The van der Waals surface area contributed by atoms with Crippen molar-refractivity contribution in [3.05, 3.63) is 58.9 Å². The number of hydrogen-bond donors (Lipinski definition) is 1. The van der Waals surface area contributed by atoms with Gasteiger partial charge < -0.3 is 9.88 Å². The van der Waals surface area contributed by atoms with E-state index in [1.807, 2.05) is 12.1 Å². The van der Waals surface area contributed by atoms with Crippen LogP contribution in [0.15, 0.2) is 42.7 Å². The fraction of sp³-hybridized carbons (Fsp3) is 0.375. The van der Waals surface area contributed by atoms with Crippen LogP contribution in [0.3, 0.4) is 0 Å². The predicted molar refractivity (Wildman–Crippen MR) is 79.5 cm³/mol. The largest absolute Gasteiger partial charge is 0.350 e. The van der Waals surface area contributed by atoms with E-state index in [0.29, 0.717) is 6.04 Å². The molecule has 1 fully saturated rings. The molecular formula is C16H19ClN2. The molecule has 1 heterocycles. The van der Waals surface area contributed by atoms with Crippen LogP contribution in [0.4, 0.5) is 0 Å². The van der Waals surface area contributed by atoms with E-state index in [1.54, 1.807) is 0 Å². The van der Waals surface area contributed by atoms with Crippen molar-refractivity contribution < 1.29 is 0 Å². The van der Waals surface area contributed by atoms with Crippen LogP contribution in [0, 0.1) is 5.92 Å². The summed E-state index contributed by atoms with van der Waals surface area (Å²) in [6.45, 7) is 0.901. The highest BCUT2D eigenvalue weighted by Crippen LogP contribution is 2.40. The van der Waals surface area contributed by atoms with Crippen LogP contribution in [-0.4, -0.2) is 11.6 Å². The van der Waals surface area contributed by atoms with Gasteiger partial charge in [0.2, 0.25) is 0 Å². The molecule has 2 aromatic rings. The molecule has 1 unspecified atom stereocenters. The third-order valence-corrected chi connectivity index (χ3v) is 4.07. The van der Waals surface area contributed by atoms with E-state index in [9.17, 15) is 0 Å². The van der Waals surface area contributed by atoms with Crippen LogP contribution >= 0.6 is 11.6 Å². The molecule has 1 aromatic carbocycles. The van der Waals surface area contributed by atoms with Gasteiger partial charge in [0, 0.05) is 30.0 Å². The van der Waals surface area contributed by atoms with E-state index < -0.39 is 0 Å². The van der Waals surface area contributed by atoms with Gasteiger partial charge in [-0.15, -0.1) is 0 Å². The molecule has 0 bridgehead atoms. The maximum atomic E-state index is 5.91. The number of nitrogens with zero attached hydrogens (tertiary/aromatic N) is 1. The summed E-state index contributed by atoms with van der Waals surface area (Å²) in [6.07, 6.45) is 7.13. The fourth-order valence-electron chi connectivity index (χ4n) is 2.65. The van der Waals surface area contributed by atoms with Gasteiger partial charge >= 0.3 is 0 Å². The third kappa shape index (κ3) is 3.02. The minimum Gasteiger partial charge on any atom is -0.350 e. The summed E-state index contributed by atoms with van der Waals surface area (Å²) in [4.78, 5) is 0. The zero-order chi connectivity index (χ0) is 13.2. The van der Waals surface area contributed by atoms with E-state index in [4.69, 9.17) is 11.6 Å². The maximum absolute atomic E-state index is 5.91. The van der Waals surface area contributed by atoms with Crippen molar-refractivity contribution in [2.75, 3.05) is 7.05 Å². The van der Waals surface area contributed by atoms with Crippen LogP contribution in [0.2, 0.25) is 5.02 Å². The summed E-state index contributed by atoms with van der Waals surface area (Å²) in [6, 6.07) is 10.8. The molecule has 0 radical (unpaired) electrons. The van der Waals surface area contributed by atoms with E-state index in [2.05, 4.69) is 47.5 Å². The Morgan fingerprint density at radius 1 is 1.26 bits per heavy atom. The first-order chi connectivity index (χ1) is 9.26. The van der Waals surface area contributed by atoms with Crippen molar-refractivity contribution in [3.8, 4) is 0 Å². The van der Waals surface area contributed by atoms with Gasteiger partial charge in [-0.25, -0.2) is 0 Å². The molecule has 3 rings (SSSR count). The fourth-order valence-corrected chi connectivity index (χ4v) is 2.77. The van der Waals surface area contributed by atoms with Crippen molar-refractivity contribution in [2.45, 2.75) is 25.4 Å². The second-order valence-electron chi connectivity index (χ2n) is 5.35. The molecule has 0 spiro atoms. The smallest absolute Gasteiger partial charge is 0.0470 e.